The molecule has 1 aromatic carbocycles. The summed E-state index contributed by atoms with van der Waals surface area (Å²) in [6, 6.07) is 4.22. The maximum absolute atomic E-state index is 11.0. The van der Waals surface area contributed by atoms with Gasteiger partial charge in [-0.05, 0) is 37.3 Å². The maximum Gasteiger partial charge on any atom is 0.342 e. The summed E-state index contributed by atoms with van der Waals surface area (Å²) in [6.45, 7) is 1.65. The van der Waals surface area contributed by atoms with Gasteiger partial charge in [0.25, 0.3) is 5.69 Å². The molecule has 2 rings (SSSR count). The van der Waals surface area contributed by atoms with Gasteiger partial charge in [0.15, 0.2) is 0 Å². The zero-order valence-corrected chi connectivity index (χ0v) is 11.6. The number of anilines is 1. The van der Waals surface area contributed by atoms with Crippen molar-refractivity contribution in [2.45, 2.75) is 19.3 Å². The fourth-order valence-electron chi connectivity index (χ4n) is 2.77. The predicted molar refractivity (Wildman–Crippen MR) is 76.7 cm³/mol. The van der Waals surface area contributed by atoms with Gasteiger partial charge in [0.2, 0.25) is 0 Å². The Morgan fingerprint density at radius 1 is 1.48 bits per heavy atom. The number of hydrogen-bond donors (Lipinski definition) is 2. The molecule has 0 radical (unpaired) electrons. The van der Waals surface area contributed by atoms with E-state index in [-0.39, 0.29) is 17.9 Å². The summed E-state index contributed by atoms with van der Waals surface area (Å²) in [7, 11) is 0. The monoisotopic (exact) mass is 294 g/mol. The zero-order valence-electron chi connectivity index (χ0n) is 11.6. The molecule has 114 valence electrons. The van der Waals surface area contributed by atoms with Gasteiger partial charge in [-0.2, -0.15) is 0 Å². The summed E-state index contributed by atoms with van der Waals surface area (Å²) in [6.07, 6.45) is 2.71. The first-order valence-corrected chi connectivity index (χ1v) is 6.90. The highest BCUT2D eigenvalue weighted by Crippen LogP contribution is 2.29. The van der Waals surface area contributed by atoms with Crippen LogP contribution in [0.15, 0.2) is 18.2 Å². The number of aliphatic hydroxyl groups is 1. The van der Waals surface area contributed by atoms with Crippen molar-refractivity contribution < 1.29 is 19.9 Å². The molecule has 0 aliphatic carbocycles. The van der Waals surface area contributed by atoms with Crippen molar-refractivity contribution in [3.05, 3.63) is 33.9 Å². The summed E-state index contributed by atoms with van der Waals surface area (Å²) in [5.74, 6) is -0.938. The number of nitro benzene ring substituents is 1. The number of benzene rings is 1. The number of nitrogens with zero attached hydrogens (tertiary/aromatic N) is 2. The van der Waals surface area contributed by atoms with Crippen LogP contribution < -0.4 is 4.90 Å². The molecule has 1 aliphatic heterocycles. The molecule has 0 aromatic heterocycles. The summed E-state index contributed by atoms with van der Waals surface area (Å²) in [5.41, 5.74) is -0.0220. The lowest BCUT2D eigenvalue weighted by atomic mass is 9.94. The van der Waals surface area contributed by atoms with Crippen molar-refractivity contribution in [3.63, 3.8) is 0 Å². The molecule has 1 atom stereocenters. The minimum Gasteiger partial charge on any atom is -0.477 e. The SMILES string of the molecule is O=C(O)c1ccc(N2CCCC(CCO)C2)cc1[N+](=O)[O-]. The van der Waals surface area contributed by atoms with Crippen LogP contribution in [-0.2, 0) is 0 Å². The number of hydrogen-bond acceptors (Lipinski definition) is 5. The van der Waals surface area contributed by atoms with Crippen LogP contribution in [0, 0.1) is 16.0 Å². The van der Waals surface area contributed by atoms with Crippen LogP contribution in [0.25, 0.3) is 0 Å². The molecule has 0 amide bonds. The van der Waals surface area contributed by atoms with Crippen molar-refractivity contribution in [2.24, 2.45) is 5.92 Å². The van der Waals surface area contributed by atoms with Crippen LogP contribution >= 0.6 is 0 Å². The van der Waals surface area contributed by atoms with E-state index in [9.17, 15) is 14.9 Å². The standard InChI is InChI=1S/C14H18N2O5/c17-7-5-10-2-1-6-15(9-10)11-3-4-12(14(18)19)13(8-11)16(20)21/h3-4,8,10,17H,1-2,5-7,9H2,(H,18,19). The lowest BCUT2D eigenvalue weighted by Crippen LogP contribution is -2.35. The first-order chi connectivity index (χ1) is 10.0. The van der Waals surface area contributed by atoms with E-state index in [1.807, 2.05) is 4.90 Å². The third kappa shape index (κ3) is 3.49. The van der Waals surface area contributed by atoms with E-state index in [2.05, 4.69) is 0 Å². The lowest BCUT2D eigenvalue weighted by molar-refractivity contribution is -0.385. The summed E-state index contributed by atoms with van der Waals surface area (Å²) >= 11 is 0. The van der Waals surface area contributed by atoms with Crippen LogP contribution in [0.5, 0.6) is 0 Å². The maximum atomic E-state index is 11.0. The van der Waals surface area contributed by atoms with Crippen molar-refractivity contribution in [1.29, 1.82) is 0 Å². The van der Waals surface area contributed by atoms with Crippen LogP contribution in [0.4, 0.5) is 11.4 Å². The van der Waals surface area contributed by atoms with Gasteiger partial charge in [-0.1, -0.05) is 0 Å². The Morgan fingerprint density at radius 3 is 2.86 bits per heavy atom. The topological polar surface area (TPSA) is 104 Å². The summed E-state index contributed by atoms with van der Waals surface area (Å²) in [5, 5.41) is 29.0. The van der Waals surface area contributed by atoms with Gasteiger partial charge in [0, 0.05) is 31.5 Å². The molecule has 7 heteroatoms. The third-order valence-electron chi connectivity index (χ3n) is 3.83. The molecule has 1 aliphatic rings. The highest BCUT2D eigenvalue weighted by Gasteiger charge is 2.24. The van der Waals surface area contributed by atoms with Crippen LogP contribution in [0.2, 0.25) is 0 Å². The van der Waals surface area contributed by atoms with Crippen molar-refractivity contribution in [1.82, 2.24) is 0 Å². The number of aliphatic hydroxyl groups excluding tert-OH is 1. The van der Waals surface area contributed by atoms with Gasteiger partial charge < -0.3 is 15.1 Å². The van der Waals surface area contributed by atoms with E-state index in [0.29, 0.717) is 18.0 Å². The number of carbonyl (C=O) groups is 1. The largest absolute Gasteiger partial charge is 0.477 e. The Bertz CT molecular complexity index is 544. The van der Waals surface area contributed by atoms with E-state index in [0.717, 1.165) is 25.9 Å². The fraction of sp³-hybridized carbons (Fsp3) is 0.500. The number of aromatic carboxylic acids is 1. The normalized spacial score (nSPS) is 18.5. The van der Waals surface area contributed by atoms with Gasteiger partial charge in [-0.3, -0.25) is 10.1 Å². The minimum absolute atomic E-state index is 0.136. The number of carboxylic acids is 1. The molecule has 0 saturated carbocycles. The average Bonchev–Trinajstić information content (AvgIpc) is 2.47. The van der Waals surface area contributed by atoms with Gasteiger partial charge in [-0.25, -0.2) is 4.79 Å². The van der Waals surface area contributed by atoms with E-state index >= 15 is 0 Å². The fourth-order valence-corrected chi connectivity index (χ4v) is 2.77. The molecule has 1 saturated heterocycles. The molecule has 21 heavy (non-hydrogen) atoms. The molecule has 0 spiro atoms. The van der Waals surface area contributed by atoms with Gasteiger partial charge in [0.05, 0.1) is 4.92 Å². The van der Waals surface area contributed by atoms with E-state index in [1.54, 1.807) is 6.07 Å². The Kier molecular flexibility index (Phi) is 4.74. The second-order valence-corrected chi connectivity index (χ2v) is 5.23. The zero-order chi connectivity index (χ0) is 15.4. The average molecular weight is 294 g/mol. The highest BCUT2D eigenvalue weighted by atomic mass is 16.6. The Labute approximate surface area is 122 Å². The van der Waals surface area contributed by atoms with Gasteiger partial charge >= 0.3 is 5.97 Å². The Hall–Kier alpha value is -2.15. The first kappa shape index (κ1) is 15.2. The highest BCUT2D eigenvalue weighted by molar-refractivity contribution is 5.93. The third-order valence-corrected chi connectivity index (χ3v) is 3.83. The summed E-state index contributed by atoms with van der Waals surface area (Å²) in [4.78, 5) is 23.4. The van der Waals surface area contributed by atoms with Crippen LogP contribution in [0.1, 0.15) is 29.6 Å². The second kappa shape index (κ2) is 6.53. The molecule has 1 fully saturated rings. The molecule has 2 N–H and O–H groups in total. The van der Waals surface area contributed by atoms with E-state index in [4.69, 9.17) is 10.2 Å². The molecular formula is C14H18N2O5. The molecule has 1 heterocycles. The molecule has 1 unspecified atom stereocenters. The Balaban J connectivity index is 2.25. The molecule has 1 aromatic rings. The van der Waals surface area contributed by atoms with Crippen LogP contribution in [0.3, 0.4) is 0 Å². The van der Waals surface area contributed by atoms with Crippen molar-refractivity contribution in [3.8, 4) is 0 Å². The number of piperidine rings is 1. The molecule has 0 bridgehead atoms. The summed E-state index contributed by atoms with van der Waals surface area (Å²) < 4.78 is 0. The van der Waals surface area contributed by atoms with E-state index < -0.39 is 10.9 Å². The molecule has 7 nitrogen and oxygen atoms in total. The second-order valence-electron chi connectivity index (χ2n) is 5.23. The lowest BCUT2D eigenvalue weighted by Gasteiger charge is -2.34. The quantitative estimate of drug-likeness (QED) is 0.635. The van der Waals surface area contributed by atoms with E-state index in [1.165, 1.54) is 12.1 Å². The van der Waals surface area contributed by atoms with Gasteiger partial charge in [0.1, 0.15) is 5.56 Å². The van der Waals surface area contributed by atoms with Crippen molar-refractivity contribution >= 4 is 17.3 Å². The smallest absolute Gasteiger partial charge is 0.342 e. The van der Waals surface area contributed by atoms with Crippen molar-refractivity contribution in [2.75, 3.05) is 24.6 Å². The van der Waals surface area contributed by atoms with Gasteiger partial charge in [-0.15, -0.1) is 0 Å². The number of carboxylic acid groups (broad SMARTS) is 1. The number of nitro groups is 1. The minimum atomic E-state index is -1.30. The molecular weight excluding hydrogens is 276 g/mol. The predicted octanol–water partition coefficient (Wildman–Crippen LogP) is 1.89. The first-order valence-electron chi connectivity index (χ1n) is 6.90. The van der Waals surface area contributed by atoms with Crippen LogP contribution in [-0.4, -0.2) is 40.8 Å². The Morgan fingerprint density at radius 2 is 2.24 bits per heavy atom. The number of rotatable bonds is 5.